The third-order valence-electron chi connectivity index (χ3n) is 5.37. The van der Waals surface area contributed by atoms with Crippen LogP contribution in [0.3, 0.4) is 0 Å². The van der Waals surface area contributed by atoms with Crippen molar-refractivity contribution >= 4 is 32.2 Å². The van der Waals surface area contributed by atoms with Gasteiger partial charge in [0.15, 0.2) is 5.13 Å². The molecule has 26 heavy (non-hydrogen) atoms. The van der Waals surface area contributed by atoms with Crippen LogP contribution in [0.15, 0.2) is 23.6 Å². The number of nitrogens with one attached hydrogen (secondary N) is 1. The first-order valence-corrected chi connectivity index (χ1v) is 11.9. The van der Waals surface area contributed by atoms with Gasteiger partial charge in [0.1, 0.15) is 0 Å². The molecular weight excluding hydrogens is 366 g/mol. The van der Waals surface area contributed by atoms with Crippen molar-refractivity contribution in [3.05, 3.63) is 29.1 Å². The molecule has 1 aromatic heterocycles. The molecule has 2 aliphatic rings. The fourth-order valence-electron chi connectivity index (χ4n) is 3.87. The molecule has 0 saturated heterocycles. The van der Waals surface area contributed by atoms with Crippen molar-refractivity contribution in [2.45, 2.75) is 51.5 Å². The van der Waals surface area contributed by atoms with Gasteiger partial charge < -0.3 is 5.32 Å². The molecule has 0 atom stereocenters. The predicted molar refractivity (Wildman–Crippen MR) is 109 cm³/mol. The first-order valence-electron chi connectivity index (χ1n) is 9.42. The molecule has 7 heteroatoms. The monoisotopic (exact) mass is 391 g/mol. The van der Waals surface area contributed by atoms with Gasteiger partial charge in [-0.15, -0.1) is 11.3 Å². The maximum atomic E-state index is 12.2. The Labute approximate surface area is 159 Å². The lowest BCUT2D eigenvalue weighted by Gasteiger charge is -2.22. The highest BCUT2D eigenvalue weighted by molar-refractivity contribution is 7.92. The van der Waals surface area contributed by atoms with E-state index in [1.807, 2.05) is 12.1 Å². The van der Waals surface area contributed by atoms with Crippen LogP contribution in [0.5, 0.6) is 0 Å². The topological polar surface area (TPSA) is 62.3 Å². The molecule has 5 nitrogen and oxygen atoms in total. The van der Waals surface area contributed by atoms with E-state index in [-0.39, 0.29) is 5.75 Å². The van der Waals surface area contributed by atoms with Crippen molar-refractivity contribution in [1.82, 2.24) is 4.98 Å². The molecule has 0 spiro atoms. The molecule has 140 valence electrons. The van der Waals surface area contributed by atoms with Gasteiger partial charge in [-0.2, -0.15) is 0 Å². The number of nitrogens with zero attached hydrogens (tertiary/aromatic N) is 2. The molecule has 0 unspecified atom stereocenters. The van der Waals surface area contributed by atoms with Crippen LogP contribution in [0.2, 0.25) is 0 Å². The molecule has 0 radical (unpaired) electrons. The van der Waals surface area contributed by atoms with Crippen LogP contribution < -0.4 is 9.62 Å². The summed E-state index contributed by atoms with van der Waals surface area (Å²) < 4.78 is 26.0. The summed E-state index contributed by atoms with van der Waals surface area (Å²) in [4.78, 5) is 4.76. The van der Waals surface area contributed by atoms with E-state index in [1.165, 1.54) is 32.1 Å². The van der Waals surface area contributed by atoms with E-state index in [0.29, 0.717) is 12.6 Å². The zero-order valence-electron chi connectivity index (χ0n) is 15.1. The summed E-state index contributed by atoms with van der Waals surface area (Å²) in [6.45, 7) is 2.23. The van der Waals surface area contributed by atoms with Crippen molar-refractivity contribution in [3.63, 3.8) is 0 Å². The van der Waals surface area contributed by atoms with E-state index in [2.05, 4.69) is 16.8 Å². The zero-order valence-corrected chi connectivity index (χ0v) is 16.7. The first kappa shape index (κ1) is 17.8. The van der Waals surface area contributed by atoms with E-state index in [4.69, 9.17) is 4.98 Å². The summed E-state index contributed by atoms with van der Waals surface area (Å²) in [7, 11) is -3.19. The van der Waals surface area contributed by atoms with Gasteiger partial charge in [0.05, 0.1) is 17.1 Å². The molecule has 1 aromatic carbocycles. The summed E-state index contributed by atoms with van der Waals surface area (Å²) in [6, 6.07) is 6.57. The average Bonchev–Trinajstić information content (AvgIpc) is 3.29. The highest BCUT2D eigenvalue weighted by Gasteiger charge is 2.28. The van der Waals surface area contributed by atoms with Gasteiger partial charge in [0.25, 0.3) is 0 Å². The Morgan fingerprint density at radius 2 is 2.08 bits per heavy atom. The number of anilines is 2. The molecular formula is C19H25N3O2S2. The Bertz CT molecular complexity index is 886. The van der Waals surface area contributed by atoms with Gasteiger partial charge in [-0.05, 0) is 43.9 Å². The van der Waals surface area contributed by atoms with Crippen molar-refractivity contribution in [2.24, 2.45) is 0 Å². The number of sulfonamides is 1. The van der Waals surface area contributed by atoms with Crippen LogP contribution in [0.25, 0.3) is 11.3 Å². The molecule has 1 fully saturated rings. The fourth-order valence-corrected chi connectivity index (χ4v) is 5.83. The molecule has 1 aliphatic heterocycles. The largest absolute Gasteiger partial charge is 0.359 e. The number of rotatable bonds is 5. The molecule has 1 N–H and O–H groups in total. The Kier molecular flexibility index (Phi) is 4.92. The quantitative estimate of drug-likeness (QED) is 0.827. The van der Waals surface area contributed by atoms with Crippen molar-refractivity contribution in [1.29, 1.82) is 0 Å². The maximum Gasteiger partial charge on any atom is 0.234 e. The van der Waals surface area contributed by atoms with Crippen LogP contribution in [0.4, 0.5) is 10.8 Å². The lowest BCUT2D eigenvalue weighted by atomic mass is 9.96. The highest BCUT2D eigenvalue weighted by atomic mass is 32.2. The second kappa shape index (κ2) is 7.19. The number of hydrogen-bond acceptors (Lipinski definition) is 5. The number of benzene rings is 1. The molecule has 4 rings (SSSR count). The molecule has 1 saturated carbocycles. The second-order valence-electron chi connectivity index (χ2n) is 7.08. The zero-order chi connectivity index (χ0) is 18.1. The Morgan fingerprint density at radius 3 is 2.85 bits per heavy atom. The normalized spacial score (nSPS) is 18.1. The summed E-state index contributed by atoms with van der Waals surface area (Å²) in [5.74, 6) is 0.135. The number of hydrogen-bond donors (Lipinski definition) is 1. The molecule has 2 heterocycles. The van der Waals surface area contributed by atoms with E-state index in [9.17, 15) is 8.42 Å². The third-order valence-corrected chi connectivity index (χ3v) is 7.92. The first-order chi connectivity index (χ1) is 12.6. The number of fused-ring (bicyclic) bond motifs is 1. The standard InChI is InChI=1S/C19H25N3O2S2/c1-2-26(23,24)22-11-10-15-12-14(8-9-18(15)22)17-13-25-19(21-17)20-16-6-4-3-5-7-16/h8-9,12-13,16H,2-7,10-11H2,1H3,(H,20,21). The Morgan fingerprint density at radius 1 is 1.27 bits per heavy atom. The van der Waals surface area contributed by atoms with Gasteiger partial charge >= 0.3 is 0 Å². The van der Waals surface area contributed by atoms with E-state index < -0.39 is 10.0 Å². The van der Waals surface area contributed by atoms with Crippen LogP contribution in [-0.2, 0) is 16.4 Å². The summed E-state index contributed by atoms with van der Waals surface area (Å²) >= 11 is 1.65. The van der Waals surface area contributed by atoms with Crippen molar-refractivity contribution in [3.8, 4) is 11.3 Å². The summed E-state index contributed by atoms with van der Waals surface area (Å²) in [6.07, 6.45) is 7.18. The van der Waals surface area contributed by atoms with E-state index in [0.717, 1.165) is 34.1 Å². The average molecular weight is 392 g/mol. The Balaban J connectivity index is 1.53. The Hall–Kier alpha value is -1.60. The van der Waals surface area contributed by atoms with Gasteiger partial charge in [-0.1, -0.05) is 25.3 Å². The minimum atomic E-state index is -3.19. The molecule has 2 aromatic rings. The minimum Gasteiger partial charge on any atom is -0.359 e. The molecule has 0 amide bonds. The van der Waals surface area contributed by atoms with Crippen LogP contribution in [-0.4, -0.2) is 31.7 Å². The predicted octanol–water partition coefficient (Wildman–Crippen LogP) is 4.27. The van der Waals surface area contributed by atoms with Gasteiger partial charge in [0, 0.05) is 23.5 Å². The van der Waals surface area contributed by atoms with Gasteiger partial charge in [0.2, 0.25) is 10.0 Å². The molecule has 0 bridgehead atoms. The smallest absolute Gasteiger partial charge is 0.234 e. The maximum absolute atomic E-state index is 12.2. The van der Waals surface area contributed by atoms with Crippen molar-refractivity contribution in [2.75, 3.05) is 21.9 Å². The lowest BCUT2D eigenvalue weighted by Crippen LogP contribution is -2.30. The highest BCUT2D eigenvalue weighted by Crippen LogP contribution is 2.35. The summed E-state index contributed by atoms with van der Waals surface area (Å²) in [5, 5.41) is 6.65. The van der Waals surface area contributed by atoms with Crippen LogP contribution in [0.1, 0.15) is 44.6 Å². The van der Waals surface area contributed by atoms with Gasteiger partial charge in [-0.3, -0.25) is 4.31 Å². The van der Waals surface area contributed by atoms with E-state index >= 15 is 0 Å². The molecule has 1 aliphatic carbocycles. The lowest BCUT2D eigenvalue weighted by molar-refractivity contribution is 0.462. The van der Waals surface area contributed by atoms with Crippen LogP contribution >= 0.6 is 11.3 Å². The second-order valence-corrected chi connectivity index (χ2v) is 10.1. The third kappa shape index (κ3) is 3.47. The number of thiazole rings is 1. The number of aromatic nitrogens is 1. The van der Waals surface area contributed by atoms with Crippen LogP contribution in [0, 0.1) is 0 Å². The van der Waals surface area contributed by atoms with Gasteiger partial charge in [-0.25, -0.2) is 13.4 Å². The fraction of sp³-hybridized carbons (Fsp3) is 0.526. The summed E-state index contributed by atoms with van der Waals surface area (Å²) in [5.41, 5.74) is 3.95. The van der Waals surface area contributed by atoms with Crippen molar-refractivity contribution < 1.29 is 8.42 Å². The SMILES string of the molecule is CCS(=O)(=O)N1CCc2cc(-c3csc(NC4CCCCC4)n3)ccc21. The van der Waals surface area contributed by atoms with E-state index in [1.54, 1.807) is 22.6 Å². The minimum absolute atomic E-state index is 0.135.